The van der Waals surface area contributed by atoms with E-state index >= 15 is 0 Å². The lowest BCUT2D eigenvalue weighted by Crippen LogP contribution is -2.42. The van der Waals surface area contributed by atoms with Crippen molar-refractivity contribution in [1.29, 1.82) is 0 Å². The number of ether oxygens (including phenoxy) is 2. The Balaban J connectivity index is 1.39. The Labute approximate surface area is 188 Å². The first-order chi connectivity index (χ1) is 14.5. The minimum atomic E-state index is -0.206. The van der Waals surface area contributed by atoms with Gasteiger partial charge in [-0.05, 0) is 18.6 Å². The van der Waals surface area contributed by atoms with Gasteiger partial charge in [0.1, 0.15) is 6.61 Å². The van der Waals surface area contributed by atoms with Crippen LogP contribution in [0.1, 0.15) is 13.3 Å². The third-order valence-electron chi connectivity index (χ3n) is 4.08. The number of para-hydroxylation sites is 2. The number of carbonyl (C=O) groups excluding carboxylic acids is 2. The lowest BCUT2D eigenvalue weighted by atomic mass is 10.2. The minimum absolute atomic E-state index is 0.0143. The van der Waals surface area contributed by atoms with E-state index in [4.69, 9.17) is 9.47 Å². The number of likely N-dealkylation sites (N-methyl/N-ethyl adjacent to an activating group) is 1. The summed E-state index contributed by atoms with van der Waals surface area (Å²) in [5, 5.41) is 11.0. The van der Waals surface area contributed by atoms with E-state index in [-0.39, 0.29) is 23.7 Å². The monoisotopic (exact) mass is 468 g/mol. The molecule has 2 heterocycles. The van der Waals surface area contributed by atoms with Gasteiger partial charge in [-0.3, -0.25) is 9.59 Å². The maximum absolute atomic E-state index is 12.5. The normalized spacial score (nSPS) is 14.9. The van der Waals surface area contributed by atoms with E-state index in [1.807, 2.05) is 31.2 Å². The van der Waals surface area contributed by atoms with E-state index < -0.39 is 0 Å². The minimum Gasteiger partial charge on any atom is -0.486 e. The fourth-order valence-electron chi connectivity index (χ4n) is 2.55. The molecule has 1 aromatic carbocycles. The molecule has 162 valence electrons. The van der Waals surface area contributed by atoms with Crippen molar-refractivity contribution in [3.63, 3.8) is 0 Å². The van der Waals surface area contributed by atoms with E-state index in [0.717, 1.165) is 16.5 Å². The number of amides is 2. The van der Waals surface area contributed by atoms with Crippen molar-refractivity contribution in [2.75, 3.05) is 38.2 Å². The highest BCUT2D eigenvalue weighted by Gasteiger charge is 2.24. The summed E-state index contributed by atoms with van der Waals surface area (Å²) < 4.78 is 13.0. The van der Waals surface area contributed by atoms with Crippen LogP contribution in [0.15, 0.2) is 32.9 Å². The van der Waals surface area contributed by atoms with E-state index in [0.29, 0.717) is 35.5 Å². The molecule has 2 aromatic rings. The van der Waals surface area contributed by atoms with Gasteiger partial charge in [-0.25, -0.2) is 0 Å². The first-order valence-corrected chi connectivity index (χ1v) is 12.3. The van der Waals surface area contributed by atoms with Gasteiger partial charge in [0, 0.05) is 13.6 Å². The molecular formula is C19H24N4O4S3. The average molecular weight is 469 g/mol. The average Bonchev–Trinajstić information content (AvgIpc) is 3.22. The summed E-state index contributed by atoms with van der Waals surface area (Å²) in [6.07, 6.45) is 0.702. The van der Waals surface area contributed by atoms with Gasteiger partial charge >= 0.3 is 0 Å². The molecule has 0 aliphatic carbocycles. The summed E-state index contributed by atoms with van der Waals surface area (Å²) in [5.41, 5.74) is 0. The van der Waals surface area contributed by atoms with Crippen molar-refractivity contribution in [2.45, 2.75) is 28.1 Å². The Morgan fingerprint density at radius 3 is 2.63 bits per heavy atom. The number of thioether (sulfide) groups is 2. The Bertz CT molecular complexity index is 864. The maximum Gasteiger partial charge on any atom is 0.232 e. The second-order valence-corrected chi connectivity index (χ2v) is 9.96. The number of nitrogens with one attached hydrogen (secondary N) is 1. The standard InChI is InChI=1S/C19H24N4O4S3/c1-3-8-20-16(24)11-28-18-21-22-19(30-18)29-12-17(25)23(2)9-13-10-26-14-6-4-5-7-15(14)27-13/h4-7,13H,3,8-12H2,1-2H3,(H,20,24). The molecule has 11 heteroatoms. The third kappa shape index (κ3) is 6.78. The van der Waals surface area contributed by atoms with Crippen LogP contribution in [0.2, 0.25) is 0 Å². The lowest BCUT2D eigenvalue weighted by molar-refractivity contribution is -0.128. The Morgan fingerprint density at radius 2 is 1.90 bits per heavy atom. The SMILES string of the molecule is CCCNC(=O)CSc1nnc(SCC(=O)N(C)CC2COc3ccccc3O2)s1. The van der Waals surface area contributed by atoms with Crippen LogP contribution in [0.5, 0.6) is 11.5 Å². The Morgan fingerprint density at radius 1 is 1.20 bits per heavy atom. The molecular weight excluding hydrogens is 444 g/mol. The van der Waals surface area contributed by atoms with Crippen LogP contribution < -0.4 is 14.8 Å². The van der Waals surface area contributed by atoms with Crippen LogP contribution in [0, 0.1) is 0 Å². The molecule has 0 saturated carbocycles. The predicted molar refractivity (Wildman–Crippen MR) is 119 cm³/mol. The second-order valence-electron chi connectivity index (χ2n) is 6.53. The molecule has 2 amide bonds. The molecule has 0 bridgehead atoms. The van der Waals surface area contributed by atoms with Crippen LogP contribution in [-0.4, -0.2) is 71.3 Å². The number of fused-ring (bicyclic) bond motifs is 1. The van der Waals surface area contributed by atoms with Crippen molar-refractivity contribution in [1.82, 2.24) is 20.4 Å². The zero-order valence-corrected chi connectivity index (χ0v) is 19.3. The molecule has 30 heavy (non-hydrogen) atoms. The maximum atomic E-state index is 12.5. The fraction of sp³-hybridized carbons (Fsp3) is 0.474. The molecule has 8 nitrogen and oxygen atoms in total. The van der Waals surface area contributed by atoms with Gasteiger partial charge in [0.25, 0.3) is 0 Å². The predicted octanol–water partition coefficient (Wildman–Crippen LogP) is 2.55. The summed E-state index contributed by atoms with van der Waals surface area (Å²) >= 11 is 4.08. The fourth-order valence-corrected chi connectivity index (χ4v) is 5.34. The number of benzene rings is 1. The van der Waals surface area contributed by atoms with Crippen molar-refractivity contribution < 1.29 is 19.1 Å². The zero-order valence-electron chi connectivity index (χ0n) is 16.8. The van der Waals surface area contributed by atoms with Crippen LogP contribution in [0.4, 0.5) is 0 Å². The van der Waals surface area contributed by atoms with E-state index in [1.54, 1.807) is 11.9 Å². The molecule has 1 aliphatic heterocycles. The molecule has 3 rings (SSSR count). The van der Waals surface area contributed by atoms with Crippen molar-refractivity contribution in [2.24, 2.45) is 0 Å². The van der Waals surface area contributed by atoms with E-state index in [9.17, 15) is 9.59 Å². The molecule has 1 aliphatic rings. The summed E-state index contributed by atoms with van der Waals surface area (Å²) in [4.78, 5) is 25.8. The van der Waals surface area contributed by atoms with Gasteiger partial charge in [-0.2, -0.15) is 0 Å². The molecule has 1 unspecified atom stereocenters. The summed E-state index contributed by atoms with van der Waals surface area (Å²) in [6.45, 7) is 3.54. The summed E-state index contributed by atoms with van der Waals surface area (Å²) in [6, 6.07) is 7.51. The first kappa shape index (κ1) is 22.7. The van der Waals surface area contributed by atoms with Gasteiger partial charge < -0.3 is 19.7 Å². The van der Waals surface area contributed by atoms with Gasteiger partial charge in [-0.15, -0.1) is 10.2 Å². The first-order valence-electron chi connectivity index (χ1n) is 9.53. The molecule has 0 saturated heterocycles. The van der Waals surface area contributed by atoms with Crippen LogP contribution in [0.25, 0.3) is 0 Å². The van der Waals surface area contributed by atoms with E-state index in [2.05, 4.69) is 15.5 Å². The van der Waals surface area contributed by atoms with Crippen LogP contribution in [0.3, 0.4) is 0 Å². The number of carbonyl (C=O) groups is 2. The third-order valence-corrected chi connectivity index (χ3v) is 7.25. The number of hydrogen-bond acceptors (Lipinski definition) is 9. The smallest absolute Gasteiger partial charge is 0.232 e. The van der Waals surface area contributed by atoms with Crippen LogP contribution >= 0.6 is 34.9 Å². The second kappa shape index (κ2) is 11.4. The van der Waals surface area contributed by atoms with E-state index in [1.165, 1.54) is 34.9 Å². The number of nitrogens with zero attached hydrogens (tertiary/aromatic N) is 3. The zero-order chi connectivity index (χ0) is 21.3. The molecule has 0 radical (unpaired) electrons. The molecule has 1 N–H and O–H groups in total. The highest BCUT2D eigenvalue weighted by molar-refractivity contribution is 8.03. The Kier molecular flexibility index (Phi) is 8.64. The lowest BCUT2D eigenvalue weighted by Gasteiger charge is -2.29. The molecule has 1 aromatic heterocycles. The quantitative estimate of drug-likeness (QED) is 0.532. The highest BCUT2D eigenvalue weighted by atomic mass is 32.2. The molecule has 0 spiro atoms. The molecule has 0 fully saturated rings. The summed E-state index contributed by atoms with van der Waals surface area (Å²) in [7, 11) is 1.75. The highest BCUT2D eigenvalue weighted by Crippen LogP contribution is 2.31. The number of aromatic nitrogens is 2. The number of hydrogen-bond donors (Lipinski definition) is 1. The van der Waals surface area contributed by atoms with Crippen molar-refractivity contribution in [3.8, 4) is 11.5 Å². The van der Waals surface area contributed by atoms with Crippen molar-refractivity contribution >= 4 is 46.7 Å². The largest absolute Gasteiger partial charge is 0.486 e. The van der Waals surface area contributed by atoms with Gasteiger partial charge in [0.15, 0.2) is 26.3 Å². The van der Waals surface area contributed by atoms with Gasteiger partial charge in [0.05, 0.1) is 18.1 Å². The van der Waals surface area contributed by atoms with Crippen molar-refractivity contribution in [3.05, 3.63) is 24.3 Å². The summed E-state index contributed by atoms with van der Waals surface area (Å²) in [5.74, 6) is 1.97. The van der Waals surface area contributed by atoms with Gasteiger partial charge in [0.2, 0.25) is 11.8 Å². The Hall–Kier alpha value is -1.98. The topological polar surface area (TPSA) is 93.7 Å². The molecule has 1 atom stereocenters. The van der Waals surface area contributed by atoms with Crippen LogP contribution in [-0.2, 0) is 9.59 Å². The number of rotatable bonds is 10. The van der Waals surface area contributed by atoms with Gasteiger partial charge in [-0.1, -0.05) is 53.9 Å².